The number of carboxylic acids is 2. The summed E-state index contributed by atoms with van der Waals surface area (Å²) in [5.41, 5.74) is 2.79. The van der Waals surface area contributed by atoms with Gasteiger partial charge in [-0.1, -0.05) is 0 Å². The predicted molar refractivity (Wildman–Crippen MR) is 146 cm³/mol. The number of ether oxygens (including phenoxy) is 3. The monoisotopic (exact) mass is 642 g/mol. The molecule has 3 N–H and O–H groups in total. The van der Waals surface area contributed by atoms with Crippen molar-refractivity contribution in [3.63, 3.8) is 0 Å². The first kappa shape index (κ1) is 34.1. The molecule has 0 radical (unpaired) electrons. The molecule has 4 aromatic rings. The number of halogens is 6. The van der Waals surface area contributed by atoms with Gasteiger partial charge in [-0.05, 0) is 60.5 Å². The summed E-state index contributed by atoms with van der Waals surface area (Å²) in [6, 6.07) is 15.5. The van der Waals surface area contributed by atoms with E-state index in [0.717, 1.165) is 51.6 Å². The van der Waals surface area contributed by atoms with Gasteiger partial charge in [0.15, 0.2) is 0 Å². The third-order valence-corrected chi connectivity index (χ3v) is 5.87. The third kappa shape index (κ3) is 9.57. The van der Waals surface area contributed by atoms with Crippen LogP contribution < -0.4 is 19.5 Å². The van der Waals surface area contributed by atoms with Gasteiger partial charge in [0.05, 0.1) is 44.1 Å². The number of anilines is 2. The highest BCUT2D eigenvalue weighted by atomic mass is 19.4. The molecular weight excluding hydrogens is 618 g/mol. The van der Waals surface area contributed by atoms with E-state index in [9.17, 15) is 26.3 Å². The Morgan fingerprint density at radius 1 is 0.911 bits per heavy atom. The highest BCUT2D eigenvalue weighted by molar-refractivity contribution is 5.92. The summed E-state index contributed by atoms with van der Waals surface area (Å²) in [5.74, 6) is -1.59. The Morgan fingerprint density at radius 2 is 1.51 bits per heavy atom. The number of carbonyl (C=O) groups is 2. The van der Waals surface area contributed by atoms with Crippen molar-refractivity contribution in [1.29, 1.82) is 0 Å². The molecule has 5 rings (SSSR count). The van der Waals surface area contributed by atoms with E-state index < -0.39 is 24.3 Å². The maximum absolute atomic E-state index is 10.6. The molecule has 1 atom stereocenters. The van der Waals surface area contributed by atoms with Crippen molar-refractivity contribution >= 4 is 34.3 Å². The summed E-state index contributed by atoms with van der Waals surface area (Å²) in [6.07, 6.45) is -5.89. The summed E-state index contributed by atoms with van der Waals surface area (Å²) < 4.78 is 80.3. The van der Waals surface area contributed by atoms with Gasteiger partial charge in [0.2, 0.25) is 0 Å². The molecule has 1 aliphatic rings. The lowest BCUT2D eigenvalue weighted by atomic mass is 9.95. The van der Waals surface area contributed by atoms with E-state index in [1.165, 1.54) is 0 Å². The van der Waals surface area contributed by atoms with Gasteiger partial charge < -0.3 is 29.7 Å². The van der Waals surface area contributed by atoms with E-state index in [2.05, 4.69) is 10.3 Å². The molecule has 2 aromatic carbocycles. The van der Waals surface area contributed by atoms with Gasteiger partial charge in [-0.15, -0.1) is 0 Å². The number of pyridine rings is 1. The predicted octanol–water partition coefficient (Wildman–Crippen LogP) is 5.77. The van der Waals surface area contributed by atoms with Crippen LogP contribution >= 0.6 is 0 Å². The Bertz CT molecular complexity index is 1610. The van der Waals surface area contributed by atoms with Crippen LogP contribution in [-0.2, 0) is 16.0 Å². The normalized spacial score (nSPS) is 13.9. The second-order valence-corrected chi connectivity index (χ2v) is 8.97. The number of methoxy groups -OCH3 is 2. The molecule has 0 bridgehead atoms. The maximum Gasteiger partial charge on any atom is 0.490 e. The average molecular weight is 643 g/mol. The van der Waals surface area contributed by atoms with Crippen molar-refractivity contribution in [2.24, 2.45) is 0 Å². The summed E-state index contributed by atoms with van der Waals surface area (Å²) in [5, 5.41) is 18.5. The van der Waals surface area contributed by atoms with Crippen LogP contribution in [0.15, 0.2) is 60.9 Å². The van der Waals surface area contributed by atoms with Gasteiger partial charge in [0, 0.05) is 11.6 Å². The quantitative estimate of drug-likeness (QED) is 0.228. The van der Waals surface area contributed by atoms with Crippen molar-refractivity contribution in [2.75, 3.05) is 26.1 Å². The molecule has 2 aromatic heterocycles. The van der Waals surface area contributed by atoms with Gasteiger partial charge in [-0.25, -0.2) is 19.6 Å². The molecule has 0 fully saturated rings. The minimum absolute atomic E-state index is 0.0283. The zero-order valence-corrected chi connectivity index (χ0v) is 23.3. The van der Waals surface area contributed by atoms with Crippen molar-refractivity contribution < 1.29 is 60.4 Å². The number of benzene rings is 2. The molecule has 240 valence electrons. The number of nitrogens with one attached hydrogen (secondary N) is 1. The highest BCUT2D eigenvalue weighted by Crippen LogP contribution is 2.35. The highest BCUT2D eigenvalue weighted by Gasteiger charge is 2.39. The SMILES string of the molecule is COc1ccc2c(c1)CC(c1nc(Nc3cccnc3)c3cc(OC)ccc3n1)CO2.O=C(O)C(F)(F)F.O=C(O)C(F)(F)F. The van der Waals surface area contributed by atoms with Crippen LogP contribution in [0.3, 0.4) is 0 Å². The second kappa shape index (κ2) is 14.4. The van der Waals surface area contributed by atoms with Crippen LogP contribution in [0.2, 0.25) is 0 Å². The van der Waals surface area contributed by atoms with E-state index >= 15 is 0 Å². The standard InChI is InChI=1S/C24H22N4O3.2C2HF3O2/c1-29-18-6-8-22-15(11-18)10-16(14-31-22)23-27-21-7-5-19(30-2)12-20(21)24(28-23)26-17-4-3-9-25-13-17;2*3-2(4,5)1(6)7/h3-9,11-13,16H,10,14H2,1-2H3,(H,26,27,28);2*(H,6,7). The smallest absolute Gasteiger partial charge is 0.490 e. The van der Waals surface area contributed by atoms with Gasteiger partial charge in [0.25, 0.3) is 0 Å². The Morgan fingerprint density at radius 3 is 2.07 bits per heavy atom. The Hall–Kier alpha value is -5.35. The third-order valence-electron chi connectivity index (χ3n) is 5.87. The molecule has 0 saturated heterocycles. The van der Waals surface area contributed by atoms with E-state index in [-0.39, 0.29) is 5.92 Å². The molecule has 0 amide bonds. The largest absolute Gasteiger partial charge is 0.497 e. The number of fused-ring (bicyclic) bond motifs is 2. The molecule has 17 heteroatoms. The number of alkyl halides is 6. The Balaban J connectivity index is 0.000000331. The molecule has 11 nitrogen and oxygen atoms in total. The fourth-order valence-corrected chi connectivity index (χ4v) is 3.77. The van der Waals surface area contributed by atoms with E-state index in [4.69, 9.17) is 44.0 Å². The summed E-state index contributed by atoms with van der Waals surface area (Å²) in [7, 11) is 3.32. The molecule has 3 heterocycles. The number of hydrogen-bond acceptors (Lipinski definition) is 9. The summed E-state index contributed by atoms with van der Waals surface area (Å²) >= 11 is 0. The van der Waals surface area contributed by atoms with Crippen LogP contribution in [0, 0.1) is 0 Å². The molecule has 0 spiro atoms. The minimum Gasteiger partial charge on any atom is -0.497 e. The van der Waals surface area contributed by atoms with E-state index in [1.807, 2.05) is 48.5 Å². The minimum atomic E-state index is -5.08. The van der Waals surface area contributed by atoms with Gasteiger partial charge in [0.1, 0.15) is 28.9 Å². The number of aliphatic carboxylic acids is 2. The lowest BCUT2D eigenvalue weighted by molar-refractivity contribution is -0.193. The van der Waals surface area contributed by atoms with Crippen LogP contribution in [-0.4, -0.2) is 70.3 Å². The molecule has 1 aliphatic heterocycles. The molecule has 0 aliphatic carbocycles. The number of rotatable bonds is 5. The van der Waals surface area contributed by atoms with Crippen molar-refractivity contribution in [2.45, 2.75) is 24.7 Å². The fraction of sp³-hybridized carbons (Fsp3) is 0.250. The number of aromatic nitrogens is 3. The van der Waals surface area contributed by atoms with E-state index in [1.54, 1.807) is 26.6 Å². The number of hydrogen-bond donors (Lipinski definition) is 3. The van der Waals surface area contributed by atoms with E-state index in [0.29, 0.717) is 12.4 Å². The summed E-state index contributed by atoms with van der Waals surface area (Å²) in [6.45, 7) is 0.521. The molecule has 45 heavy (non-hydrogen) atoms. The van der Waals surface area contributed by atoms with Gasteiger partial charge >= 0.3 is 24.3 Å². The van der Waals surface area contributed by atoms with Crippen molar-refractivity contribution in [1.82, 2.24) is 15.0 Å². The Labute approximate surface area is 250 Å². The second-order valence-electron chi connectivity index (χ2n) is 8.97. The van der Waals surface area contributed by atoms with Crippen molar-refractivity contribution in [3.8, 4) is 17.2 Å². The summed E-state index contributed by atoms with van der Waals surface area (Å²) in [4.78, 5) is 31.7. The van der Waals surface area contributed by atoms with Crippen LogP contribution in [0.25, 0.3) is 10.9 Å². The van der Waals surface area contributed by atoms with Gasteiger partial charge in [-0.2, -0.15) is 26.3 Å². The first-order valence-corrected chi connectivity index (χ1v) is 12.5. The average Bonchev–Trinajstić information content (AvgIpc) is 3.00. The number of carboxylic acid groups (broad SMARTS) is 2. The van der Waals surface area contributed by atoms with Crippen LogP contribution in [0.5, 0.6) is 17.2 Å². The lowest BCUT2D eigenvalue weighted by Crippen LogP contribution is -2.21. The van der Waals surface area contributed by atoms with Crippen LogP contribution in [0.1, 0.15) is 17.3 Å². The zero-order chi connectivity index (χ0) is 33.4. The zero-order valence-electron chi connectivity index (χ0n) is 23.3. The number of nitrogens with zero attached hydrogens (tertiary/aromatic N) is 3. The molecular formula is C28H24F6N4O7. The van der Waals surface area contributed by atoms with Gasteiger partial charge in [-0.3, -0.25) is 4.98 Å². The Kier molecular flexibility index (Phi) is 10.9. The molecule has 0 saturated carbocycles. The fourth-order valence-electron chi connectivity index (χ4n) is 3.77. The first-order chi connectivity index (χ1) is 21.1. The topological polar surface area (TPSA) is 153 Å². The molecule has 1 unspecified atom stereocenters. The lowest BCUT2D eigenvalue weighted by Gasteiger charge is -2.25. The first-order valence-electron chi connectivity index (χ1n) is 12.5. The van der Waals surface area contributed by atoms with Crippen molar-refractivity contribution in [3.05, 3.63) is 72.3 Å². The van der Waals surface area contributed by atoms with Crippen LogP contribution in [0.4, 0.5) is 37.8 Å². The maximum atomic E-state index is 10.6.